The average molecular weight is 360 g/mol. The van der Waals surface area contributed by atoms with Crippen LogP contribution in [0.1, 0.15) is 18.9 Å². The Morgan fingerprint density at radius 3 is 2.44 bits per heavy atom. The number of halogens is 1. The summed E-state index contributed by atoms with van der Waals surface area (Å²) in [5.74, 6) is -0.114. The van der Waals surface area contributed by atoms with E-state index in [0.29, 0.717) is 24.5 Å². The molecule has 0 atom stereocenters. The number of hydrogen-bond acceptors (Lipinski definition) is 3. The van der Waals surface area contributed by atoms with Gasteiger partial charge < -0.3 is 16.0 Å². The minimum Gasteiger partial charge on any atom is -0.384 e. The van der Waals surface area contributed by atoms with Crippen LogP contribution in [0.4, 0.5) is 11.4 Å². The number of nitrogens with one attached hydrogen (secondary N) is 3. The molecule has 0 spiro atoms. The number of benzene rings is 2. The van der Waals surface area contributed by atoms with Crippen LogP contribution in [0.25, 0.3) is 0 Å². The Morgan fingerprint density at radius 1 is 1.00 bits per heavy atom. The van der Waals surface area contributed by atoms with Gasteiger partial charge in [-0.15, -0.1) is 0 Å². The van der Waals surface area contributed by atoms with Crippen LogP contribution >= 0.6 is 11.6 Å². The van der Waals surface area contributed by atoms with Gasteiger partial charge in [0.15, 0.2) is 0 Å². The Hall–Kier alpha value is -2.53. The van der Waals surface area contributed by atoms with Crippen LogP contribution in [0, 0.1) is 0 Å². The molecule has 132 valence electrons. The van der Waals surface area contributed by atoms with E-state index in [4.69, 9.17) is 11.6 Å². The van der Waals surface area contributed by atoms with Crippen molar-refractivity contribution in [3.63, 3.8) is 0 Å². The summed E-state index contributed by atoms with van der Waals surface area (Å²) < 4.78 is 0. The van der Waals surface area contributed by atoms with Gasteiger partial charge >= 0.3 is 0 Å². The molecule has 0 bridgehead atoms. The number of carbonyl (C=O) groups is 2. The molecule has 2 aromatic carbocycles. The smallest absolute Gasteiger partial charge is 0.221 e. The van der Waals surface area contributed by atoms with Crippen molar-refractivity contribution in [1.29, 1.82) is 0 Å². The third-order valence-corrected chi connectivity index (χ3v) is 3.77. The summed E-state index contributed by atoms with van der Waals surface area (Å²) in [6.45, 7) is 2.59. The van der Waals surface area contributed by atoms with Gasteiger partial charge in [0.2, 0.25) is 11.8 Å². The van der Waals surface area contributed by atoms with E-state index in [1.165, 1.54) is 6.92 Å². The summed E-state index contributed by atoms with van der Waals surface area (Å²) in [6.07, 6.45) is 1.15. The molecule has 6 heteroatoms. The van der Waals surface area contributed by atoms with Crippen LogP contribution in [0.15, 0.2) is 48.5 Å². The molecule has 25 heavy (non-hydrogen) atoms. The van der Waals surface area contributed by atoms with Crippen molar-refractivity contribution >= 4 is 34.8 Å². The number of amides is 2. The Kier molecular flexibility index (Phi) is 7.29. The molecule has 0 saturated carbocycles. The van der Waals surface area contributed by atoms with E-state index in [0.717, 1.165) is 23.4 Å². The Morgan fingerprint density at radius 2 is 1.72 bits per heavy atom. The first-order chi connectivity index (χ1) is 12.0. The zero-order chi connectivity index (χ0) is 18.1. The monoisotopic (exact) mass is 359 g/mol. The molecule has 2 amide bonds. The minimum atomic E-state index is -0.114. The van der Waals surface area contributed by atoms with Crippen molar-refractivity contribution in [2.75, 3.05) is 23.7 Å². The summed E-state index contributed by atoms with van der Waals surface area (Å²) in [6, 6.07) is 15.0. The van der Waals surface area contributed by atoms with Gasteiger partial charge in [-0.2, -0.15) is 0 Å². The van der Waals surface area contributed by atoms with Gasteiger partial charge in [0, 0.05) is 42.8 Å². The van der Waals surface area contributed by atoms with E-state index in [2.05, 4.69) is 16.0 Å². The molecular formula is C19H22ClN3O2. The van der Waals surface area contributed by atoms with E-state index in [-0.39, 0.29) is 11.8 Å². The molecule has 0 aliphatic rings. The summed E-state index contributed by atoms with van der Waals surface area (Å²) in [5.41, 5.74) is 2.72. The SMILES string of the molecule is CC(=O)Nc1cccc(NCCC(=O)NCCc2ccc(Cl)cc2)c1. The summed E-state index contributed by atoms with van der Waals surface area (Å²) in [5, 5.41) is 9.51. The molecule has 0 aromatic heterocycles. The quantitative estimate of drug-likeness (QED) is 0.676. The van der Waals surface area contributed by atoms with Crippen molar-refractivity contribution in [2.24, 2.45) is 0 Å². The van der Waals surface area contributed by atoms with Gasteiger partial charge in [0.25, 0.3) is 0 Å². The standard InChI is InChI=1S/C19H22ClN3O2/c1-14(24)23-18-4-2-3-17(13-18)21-12-10-19(25)22-11-9-15-5-7-16(20)8-6-15/h2-8,13,21H,9-12H2,1H3,(H,22,25)(H,23,24). The van der Waals surface area contributed by atoms with Crippen molar-refractivity contribution < 1.29 is 9.59 Å². The second-order valence-corrected chi connectivity index (χ2v) is 6.10. The maximum atomic E-state index is 11.9. The molecule has 0 fully saturated rings. The van der Waals surface area contributed by atoms with Crippen molar-refractivity contribution in [2.45, 2.75) is 19.8 Å². The Labute approximate surface area is 152 Å². The second kappa shape index (κ2) is 9.69. The number of carbonyl (C=O) groups excluding carboxylic acids is 2. The van der Waals surface area contributed by atoms with Gasteiger partial charge in [-0.05, 0) is 42.3 Å². The van der Waals surface area contributed by atoms with Gasteiger partial charge in [-0.25, -0.2) is 0 Å². The molecule has 2 aromatic rings. The highest BCUT2D eigenvalue weighted by Crippen LogP contribution is 2.15. The lowest BCUT2D eigenvalue weighted by Crippen LogP contribution is -2.27. The first kappa shape index (κ1) is 18.8. The van der Waals surface area contributed by atoms with Crippen molar-refractivity contribution in [3.8, 4) is 0 Å². The third-order valence-electron chi connectivity index (χ3n) is 3.51. The average Bonchev–Trinajstić information content (AvgIpc) is 2.56. The molecule has 0 saturated heterocycles. The Bertz CT molecular complexity index is 717. The topological polar surface area (TPSA) is 70.2 Å². The fourth-order valence-corrected chi connectivity index (χ4v) is 2.44. The fraction of sp³-hybridized carbons (Fsp3) is 0.263. The van der Waals surface area contributed by atoms with E-state index in [9.17, 15) is 9.59 Å². The molecular weight excluding hydrogens is 338 g/mol. The highest BCUT2D eigenvalue weighted by Gasteiger charge is 2.02. The van der Waals surface area contributed by atoms with Gasteiger partial charge in [-0.3, -0.25) is 9.59 Å². The van der Waals surface area contributed by atoms with Crippen molar-refractivity contribution in [3.05, 3.63) is 59.1 Å². The van der Waals surface area contributed by atoms with Gasteiger partial charge in [0.05, 0.1) is 0 Å². The van der Waals surface area contributed by atoms with Gasteiger partial charge in [-0.1, -0.05) is 29.8 Å². The highest BCUT2D eigenvalue weighted by atomic mass is 35.5. The molecule has 3 N–H and O–H groups in total. The van der Waals surface area contributed by atoms with Crippen LogP contribution in [-0.2, 0) is 16.0 Å². The van der Waals surface area contributed by atoms with Crippen LogP contribution in [0.3, 0.4) is 0 Å². The number of anilines is 2. The summed E-state index contributed by atoms with van der Waals surface area (Å²) >= 11 is 5.84. The van der Waals surface area contributed by atoms with Crippen LogP contribution in [0.5, 0.6) is 0 Å². The second-order valence-electron chi connectivity index (χ2n) is 5.67. The maximum Gasteiger partial charge on any atom is 0.221 e. The lowest BCUT2D eigenvalue weighted by Gasteiger charge is -2.09. The molecule has 0 aliphatic carbocycles. The van der Waals surface area contributed by atoms with Crippen LogP contribution < -0.4 is 16.0 Å². The van der Waals surface area contributed by atoms with Crippen LogP contribution in [-0.4, -0.2) is 24.9 Å². The molecule has 0 aliphatic heterocycles. The lowest BCUT2D eigenvalue weighted by atomic mass is 10.1. The first-order valence-corrected chi connectivity index (χ1v) is 8.53. The summed E-state index contributed by atoms with van der Waals surface area (Å²) in [7, 11) is 0. The molecule has 2 rings (SSSR count). The first-order valence-electron chi connectivity index (χ1n) is 8.15. The van der Waals surface area contributed by atoms with E-state index in [1.807, 2.05) is 48.5 Å². The fourth-order valence-electron chi connectivity index (χ4n) is 2.32. The lowest BCUT2D eigenvalue weighted by molar-refractivity contribution is -0.120. The Balaban J connectivity index is 1.66. The minimum absolute atomic E-state index is 0.000482. The van der Waals surface area contributed by atoms with E-state index < -0.39 is 0 Å². The van der Waals surface area contributed by atoms with Crippen molar-refractivity contribution in [1.82, 2.24) is 5.32 Å². The normalized spacial score (nSPS) is 10.2. The third kappa shape index (κ3) is 7.27. The van der Waals surface area contributed by atoms with E-state index in [1.54, 1.807) is 0 Å². The molecule has 0 heterocycles. The van der Waals surface area contributed by atoms with Gasteiger partial charge in [0.1, 0.15) is 0 Å². The predicted octanol–water partition coefficient (Wildman–Crippen LogP) is 3.46. The number of rotatable bonds is 8. The molecule has 0 radical (unpaired) electrons. The molecule has 5 nitrogen and oxygen atoms in total. The summed E-state index contributed by atoms with van der Waals surface area (Å²) in [4.78, 5) is 22.9. The number of hydrogen-bond donors (Lipinski definition) is 3. The highest BCUT2D eigenvalue weighted by molar-refractivity contribution is 6.30. The van der Waals surface area contributed by atoms with Crippen LogP contribution in [0.2, 0.25) is 5.02 Å². The molecule has 0 unspecified atom stereocenters. The maximum absolute atomic E-state index is 11.9. The largest absolute Gasteiger partial charge is 0.384 e. The van der Waals surface area contributed by atoms with E-state index >= 15 is 0 Å². The zero-order valence-electron chi connectivity index (χ0n) is 14.1. The zero-order valence-corrected chi connectivity index (χ0v) is 14.9. The predicted molar refractivity (Wildman–Crippen MR) is 102 cm³/mol.